The van der Waals surface area contributed by atoms with E-state index in [2.05, 4.69) is 24.5 Å². The van der Waals surface area contributed by atoms with E-state index in [1.54, 1.807) is 17.0 Å². The molecule has 1 saturated carbocycles. The summed E-state index contributed by atoms with van der Waals surface area (Å²) in [6.45, 7) is 8.06. The summed E-state index contributed by atoms with van der Waals surface area (Å²) in [7, 11) is 0. The van der Waals surface area contributed by atoms with Crippen molar-refractivity contribution in [2.75, 3.05) is 13.1 Å². The van der Waals surface area contributed by atoms with Crippen molar-refractivity contribution in [2.24, 2.45) is 5.92 Å². The molecule has 0 aliphatic heterocycles. The molecule has 0 saturated heterocycles. The lowest BCUT2D eigenvalue weighted by molar-refractivity contribution is -0.142. The van der Waals surface area contributed by atoms with Gasteiger partial charge in [-0.2, -0.15) is 0 Å². The van der Waals surface area contributed by atoms with Gasteiger partial charge in [0.15, 0.2) is 0 Å². The smallest absolute Gasteiger partial charge is 0.242 e. The molecule has 0 radical (unpaired) electrons. The molecule has 1 heterocycles. The molecule has 2 aromatic rings. The second-order valence-corrected chi connectivity index (χ2v) is 9.92. The monoisotopic (exact) mass is 469 g/mol. The number of hydrogen-bond acceptors (Lipinski definition) is 2. The topological polar surface area (TPSA) is 45.6 Å². The van der Waals surface area contributed by atoms with Crippen molar-refractivity contribution in [3.8, 4) is 0 Å². The van der Waals surface area contributed by atoms with Crippen LogP contribution in [0.1, 0.15) is 77.0 Å². The zero-order chi connectivity index (χ0) is 24.5. The van der Waals surface area contributed by atoms with Crippen LogP contribution in [0.2, 0.25) is 0 Å². The number of rotatable bonds is 11. The van der Waals surface area contributed by atoms with E-state index < -0.39 is 0 Å². The molecular formula is C28H40FN3O2. The van der Waals surface area contributed by atoms with Crippen molar-refractivity contribution >= 4 is 11.8 Å². The van der Waals surface area contributed by atoms with Gasteiger partial charge in [0.2, 0.25) is 11.8 Å². The zero-order valence-electron chi connectivity index (χ0n) is 21.0. The molecule has 0 N–H and O–H groups in total. The van der Waals surface area contributed by atoms with Gasteiger partial charge in [0.25, 0.3) is 0 Å². The summed E-state index contributed by atoms with van der Waals surface area (Å²) in [5, 5.41) is 0. The Kier molecular flexibility index (Phi) is 9.73. The number of carbonyl (C=O) groups is 2. The predicted octanol–water partition coefficient (Wildman–Crippen LogP) is 5.62. The van der Waals surface area contributed by atoms with Crippen LogP contribution in [0.25, 0.3) is 0 Å². The maximum absolute atomic E-state index is 13.6. The summed E-state index contributed by atoms with van der Waals surface area (Å²) in [6, 6.07) is 10.8. The Morgan fingerprint density at radius 2 is 1.76 bits per heavy atom. The van der Waals surface area contributed by atoms with Gasteiger partial charge in [-0.15, -0.1) is 0 Å². The van der Waals surface area contributed by atoms with Gasteiger partial charge in [-0.25, -0.2) is 4.39 Å². The molecular weight excluding hydrogens is 429 g/mol. The summed E-state index contributed by atoms with van der Waals surface area (Å²) >= 11 is 0. The van der Waals surface area contributed by atoms with Crippen molar-refractivity contribution in [3.63, 3.8) is 0 Å². The highest BCUT2D eigenvalue weighted by atomic mass is 19.1. The second kappa shape index (κ2) is 12.7. The molecule has 3 rings (SSSR count). The number of carbonyl (C=O) groups excluding carboxylic acids is 2. The quantitative estimate of drug-likeness (QED) is 0.429. The van der Waals surface area contributed by atoms with Crippen molar-refractivity contribution in [1.82, 2.24) is 14.4 Å². The van der Waals surface area contributed by atoms with Crippen LogP contribution in [0.5, 0.6) is 0 Å². The number of aromatic nitrogens is 1. The third kappa shape index (κ3) is 7.44. The van der Waals surface area contributed by atoms with E-state index in [-0.39, 0.29) is 30.2 Å². The third-order valence-corrected chi connectivity index (χ3v) is 6.82. The van der Waals surface area contributed by atoms with Crippen molar-refractivity contribution in [2.45, 2.75) is 84.8 Å². The Bertz CT molecular complexity index is 916. The first kappa shape index (κ1) is 26.0. The summed E-state index contributed by atoms with van der Waals surface area (Å²) in [6.07, 6.45) is 8.83. The standard InChI is InChI=1S/C28H40FN3O2/c1-4-27(33)31(18-16-22(2)3)21-28(34)32(25-9-6-5-7-10-25)20-26-11-8-17-30(26)19-23-12-14-24(29)15-13-23/h8,11-15,17,22,25H,4-7,9-10,16,18-21H2,1-3H3. The van der Waals surface area contributed by atoms with Crippen molar-refractivity contribution < 1.29 is 14.0 Å². The van der Waals surface area contributed by atoms with Crippen LogP contribution < -0.4 is 0 Å². The van der Waals surface area contributed by atoms with Crippen LogP contribution in [0.3, 0.4) is 0 Å². The fourth-order valence-corrected chi connectivity index (χ4v) is 4.71. The van der Waals surface area contributed by atoms with E-state index in [4.69, 9.17) is 0 Å². The van der Waals surface area contributed by atoms with Gasteiger partial charge in [-0.05, 0) is 55.0 Å². The molecule has 0 unspecified atom stereocenters. The van der Waals surface area contributed by atoms with Crippen LogP contribution in [0, 0.1) is 11.7 Å². The molecule has 2 amide bonds. The summed E-state index contributed by atoms with van der Waals surface area (Å²) in [5.41, 5.74) is 2.07. The summed E-state index contributed by atoms with van der Waals surface area (Å²) < 4.78 is 15.4. The van der Waals surface area contributed by atoms with Gasteiger partial charge < -0.3 is 14.4 Å². The minimum absolute atomic E-state index is 0.0342. The minimum Gasteiger partial charge on any atom is -0.345 e. The van der Waals surface area contributed by atoms with Gasteiger partial charge in [0.05, 0.1) is 13.1 Å². The Balaban J connectivity index is 1.77. The maximum atomic E-state index is 13.6. The molecule has 1 aliphatic carbocycles. The van der Waals surface area contributed by atoms with Crippen LogP contribution in [-0.4, -0.2) is 45.3 Å². The molecule has 186 valence electrons. The van der Waals surface area contributed by atoms with E-state index in [9.17, 15) is 14.0 Å². The molecule has 1 aromatic heterocycles. The lowest BCUT2D eigenvalue weighted by Crippen LogP contribution is -2.47. The molecule has 0 atom stereocenters. The number of nitrogens with zero attached hydrogens (tertiary/aromatic N) is 3. The Morgan fingerprint density at radius 3 is 2.41 bits per heavy atom. The lowest BCUT2D eigenvalue weighted by atomic mass is 9.94. The summed E-state index contributed by atoms with van der Waals surface area (Å²) in [5.74, 6) is 0.310. The third-order valence-electron chi connectivity index (χ3n) is 6.82. The number of hydrogen-bond donors (Lipinski definition) is 0. The molecule has 1 aromatic carbocycles. The largest absolute Gasteiger partial charge is 0.345 e. The van der Waals surface area contributed by atoms with E-state index in [0.29, 0.717) is 32.0 Å². The SMILES string of the molecule is CCC(=O)N(CCC(C)C)CC(=O)N(Cc1cccn1Cc1ccc(F)cc1)C1CCCCC1. The molecule has 34 heavy (non-hydrogen) atoms. The van der Waals surface area contributed by atoms with E-state index in [0.717, 1.165) is 43.4 Å². The van der Waals surface area contributed by atoms with Gasteiger partial charge in [0, 0.05) is 37.4 Å². The Morgan fingerprint density at radius 1 is 1.06 bits per heavy atom. The fourth-order valence-electron chi connectivity index (χ4n) is 4.71. The number of benzene rings is 1. The second-order valence-electron chi connectivity index (χ2n) is 9.92. The van der Waals surface area contributed by atoms with E-state index >= 15 is 0 Å². The van der Waals surface area contributed by atoms with Crippen molar-refractivity contribution in [3.05, 3.63) is 59.7 Å². The average molecular weight is 470 g/mol. The van der Waals surface area contributed by atoms with Crippen LogP contribution in [0.15, 0.2) is 42.6 Å². The molecule has 6 heteroatoms. The zero-order valence-corrected chi connectivity index (χ0v) is 21.0. The Labute approximate surface area is 203 Å². The predicted molar refractivity (Wildman–Crippen MR) is 134 cm³/mol. The first-order valence-corrected chi connectivity index (χ1v) is 12.8. The fraction of sp³-hybridized carbons (Fsp3) is 0.571. The molecule has 0 spiro atoms. The van der Waals surface area contributed by atoms with Crippen LogP contribution >= 0.6 is 0 Å². The minimum atomic E-state index is -0.241. The molecule has 1 aliphatic rings. The molecule has 0 bridgehead atoms. The van der Waals surface area contributed by atoms with Crippen LogP contribution in [-0.2, 0) is 22.7 Å². The van der Waals surface area contributed by atoms with E-state index in [1.165, 1.54) is 18.6 Å². The van der Waals surface area contributed by atoms with Gasteiger partial charge in [-0.1, -0.05) is 52.2 Å². The van der Waals surface area contributed by atoms with E-state index in [1.807, 2.05) is 24.1 Å². The lowest BCUT2D eigenvalue weighted by Gasteiger charge is -2.36. The highest BCUT2D eigenvalue weighted by molar-refractivity contribution is 5.85. The normalized spacial score (nSPS) is 14.4. The number of halogens is 1. The summed E-state index contributed by atoms with van der Waals surface area (Å²) in [4.78, 5) is 30.0. The number of amides is 2. The van der Waals surface area contributed by atoms with Gasteiger partial charge in [0.1, 0.15) is 5.82 Å². The first-order chi connectivity index (χ1) is 16.4. The van der Waals surface area contributed by atoms with Gasteiger partial charge >= 0.3 is 0 Å². The van der Waals surface area contributed by atoms with Crippen LogP contribution in [0.4, 0.5) is 4.39 Å². The maximum Gasteiger partial charge on any atom is 0.242 e. The van der Waals surface area contributed by atoms with Gasteiger partial charge in [-0.3, -0.25) is 9.59 Å². The molecule has 1 fully saturated rings. The highest BCUT2D eigenvalue weighted by Crippen LogP contribution is 2.25. The Hall–Kier alpha value is -2.63. The highest BCUT2D eigenvalue weighted by Gasteiger charge is 2.28. The first-order valence-electron chi connectivity index (χ1n) is 12.8. The average Bonchev–Trinajstić information content (AvgIpc) is 3.27. The molecule has 5 nitrogen and oxygen atoms in total. The van der Waals surface area contributed by atoms with Crippen molar-refractivity contribution in [1.29, 1.82) is 0 Å².